The predicted molar refractivity (Wildman–Crippen MR) is 79.2 cm³/mol. The lowest BCUT2D eigenvalue weighted by molar-refractivity contribution is -0.141. The Bertz CT molecular complexity index is 603. The van der Waals surface area contributed by atoms with E-state index in [1.54, 1.807) is 6.92 Å². The number of nitrogens with one attached hydrogen (secondary N) is 1. The second kappa shape index (κ2) is 7.63. The third kappa shape index (κ3) is 5.18. The van der Waals surface area contributed by atoms with Gasteiger partial charge in [-0.3, -0.25) is 4.79 Å². The van der Waals surface area contributed by atoms with Crippen LogP contribution in [0.5, 0.6) is 5.75 Å². The molecule has 1 aromatic rings. The Hall–Kier alpha value is -1.31. The zero-order valence-electron chi connectivity index (χ0n) is 11.8. The van der Waals surface area contributed by atoms with Crippen molar-refractivity contribution >= 4 is 27.6 Å². The third-order valence-corrected chi connectivity index (χ3v) is 4.68. The number of carboxylic acid groups (broad SMARTS) is 1. The van der Waals surface area contributed by atoms with E-state index >= 15 is 0 Å². The molecule has 0 spiro atoms. The van der Waals surface area contributed by atoms with Crippen molar-refractivity contribution in [1.82, 2.24) is 4.72 Å². The van der Waals surface area contributed by atoms with Gasteiger partial charge in [0.25, 0.3) is 0 Å². The number of methoxy groups -OCH3 is 1. The average Bonchev–Trinajstić information content (AvgIpc) is 2.42. The minimum atomic E-state index is -3.72. The highest BCUT2D eigenvalue weighted by Crippen LogP contribution is 2.26. The first-order valence-electron chi connectivity index (χ1n) is 6.34. The predicted octanol–water partition coefficient (Wildman–Crippen LogP) is 2.13. The summed E-state index contributed by atoms with van der Waals surface area (Å²) in [6, 6.07) is 4.25. The number of hydrogen-bond donors (Lipinski definition) is 2. The second-order valence-electron chi connectivity index (χ2n) is 4.57. The first-order valence-corrected chi connectivity index (χ1v) is 8.20. The summed E-state index contributed by atoms with van der Waals surface area (Å²) in [5, 5.41) is 9.12. The summed E-state index contributed by atoms with van der Waals surface area (Å²) >= 11 is 5.79. The van der Waals surface area contributed by atoms with Gasteiger partial charge in [-0.1, -0.05) is 18.5 Å². The summed E-state index contributed by atoms with van der Waals surface area (Å²) in [5.74, 6) is -1.23. The molecular formula is C13H18ClNO5S. The SMILES string of the molecule is COc1cc(Cl)ccc1S(=O)(=O)NCCCC(C)C(=O)O. The largest absolute Gasteiger partial charge is 0.495 e. The van der Waals surface area contributed by atoms with Crippen LogP contribution in [0.4, 0.5) is 0 Å². The zero-order chi connectivity index (χ0) is 16.0. The van der Waals surface area contributed by atoms with Crippen molar-refractivity contribution in [3.05, 3.63) is 23.2 Å². The van der Waals surface area contributed by atoms with Crippen LogP contribution in [-0.4, -0.2) is 33.1 Å². The normalized spacial score (nSPS) is 12.9. The number of carbonyl (C=O) groups is 1. The number of halogens is 1. The van der Waals surface area contributed by atoms with Crippen LogP contribution >= 0.6 is 11.6 Å². The fraction of sp³-hybridized carbons (Fsp3) is 0.462. The molecule has 0 bridgehead atoms. The second-order valence-corrected chi connectivity index (χ2v) is 6.75. The summed E-state index contributed by atoms with van der Waals surface area (Å²) in [6.07, 6.45) is 0.832. The topological polar surface area (TPSA) is 92.7 Å². The van der Waals surface area contributed by atoms with Crippen molar-refractivity contribution in [1.29, 1.82) is 0 Å². The Morgan fingerprint density at radius 1 is 1.48 bits per heavy atom. The lowest BCUT2D eigenvalue weighted by Gasteiger charge is -2.11. The Labute approximate surface area is 129 Å². The highest BCUT2D eigenvalue weighted by molar-refractivity contribution is 7.89. The fourth-order valence-corrected chi connectivity index (χ4v) is 3.06. The molecule has 0 saturated carbocycles. The van der Waals surface area contributed by atoms with E-state index in [4.69, 9.17) is 21.4 Å². The van der Waals surface area contributed by atoms with Gasteiger partial charge in [0.1, 0.15) is 10.6 Å². The van der Waals surface area contributed by atoms with Crippen molar-refractivity contribution < 1.29 is 23.1 Å². The molecule has 0 aliphatic carbocycles. The molecule has 0 saturated heterocycles. The molecule has 2 N–H and O–H groups in total. The van der Waals surface area contributed by atoms with Crippen LogP contribution in [0, 0.1) is 5.92 Å². The maximum Gasteiger partial charge on any atom is 0.306 e. The Kier molecular flexibility index (Phi) is 6.44. The number of benzene rings is 1. The van der Waals surface area contributed by atoms with Gasteiger partial charge >= 0.3 is 5.97 Å². The van der Waals surface area contributed by atoms with Gasteiger partial charge in [0, 0.05) is 17.6 Å². The molecule has 0 aromatic heterocycles. The minimum absolute atomic E-state index is 0.000632. The number of ether oxygens (including phenoxy) is 1. The molecule has 0 heterocycles. The van der Waals surface area contributed by atoms with Crippen LogP contribution in [0.25, 0.3) is 0 Å². The van der Waals surface area contributed by atoms with Crippen LogP contribution in [0.3, 0.4) is 0 Å². The van der Waals surface area contributed by atoms with E-state index in [0.717, 1.165) is 0 Å². The molecule has 1 atom stereocenters. The molecule has 0 radical (unpaired) electrons. The molecule has 1 aromatic carbocycles. The van der Waals surface area contributed by atoms with Crippen LogP contribution in [0.2, 0.25) is 5.02 Å². The smallest absolute Gasteiger partial charge is 0.306 e. The monoisotopic (exact) mass is 335 g/mol. The maximum absolute atomic E-state index is 12.2. The van der Waals surface area contributed by atoms with Crippen molar-refractivity contribution in [2.75, 3.05) is 13.7 Å². The van der Waals surface area contributed by atoms with Gasteiger partial charge in [-0.2, -0.15) is 0 Å². The fourth-order valence-electron chi connectivity index (χ4n) is 1.68. The number of rotatable bonds is 8. The van der Waals surface area contributed by atoms with E-state index in [-0.39, 0.29) is 17.2 Å². The Balaban J connectivity index is 2.68. The first kappa shape index (κ1) is 17.7. The number of hydrogen-bond acceptors (Lipinski definition) is 4. The number of aliphatic carboxylic acids is 1. The van der Waals surface area contributed by atoms with E-state index in [0.29, 0.717) is 17.9 Å². The van der Waals surface area contributed by atoms with E-state index in [1.165, 1.54) is 25.3 Å². The molecule has 0 amide bonds. The van der Waals surface area contributed by atoms with Crippen LogP contribution < -0.4 is 9.46 Å². The zero-order valence-corrected chi connectivity index (χ0v) is 13.4. The van der Waals surface area contributed by atoms with Gasteiger partial charge in [-0.25, -0.2) is 13.1 Å². The third-order valence-electron chi connectivity index (χ3n) is 2.94. The van der Waals surface area contributed by atoms with Gasteiger partial charge in [-0.15, -0.1) is 0 Å². The molecular weight excluding hydrogens is 318 g/mol. The van der Waals surface area contributed by atoms with Crippen molar-refractivity contribution in [3.63, 3.8) is 0 Å². The van der Waals surface area contributed by atoms with Gasteiger partial charge in [-0.05, 0) is 25.0 Å². The summed E-state index contributed by atoms with van der Waals surface area (Å²) in [5.41, 5.74) is 0. The molecule has 1 unspecified atom stereocenters. The van der Waals surface area contributed by atoms with Crippen molar-refractivity contribution in [2.45, 2.75) is 24.7 Å². The average molecular weight is 336 g/mol. The highest BCUT2D eigenvalue weighted by Gasteiger charge is 2.19. The molecule has 1 rings (SSSR count). The van der Waals surface area contributed by atoms with Gasteiger partial charge in [0.05, 0.1) is 13.0 Å². The summed E-state index contributed by atoms with van der Waals surface area (Å²) < 4.78 is 31.7. The van der Waals surface area contributed by atoms with Crippen molar-refractivity contribution in [2.24, 2.45) is 5.92 Å². The van der Waals surface area contributed by atoms with E-state index < -0.39 is 21.9 Å². The van der Waals surface area contributed by atoms with Crippen molar-refractivity contribution in [3.8, 4) is 5.75 Å². The molecule has 0 fully saturated rings. The number of carboxylic acids is 1. The quantitative estimate of drug-likeness (QED) is 0.710. The molecule has 118 valence electrons. The van der Waals surface area contributed by atoms with E-state index in [2.05, 4.69) is 4.72 Å². The van der Waals surface area contributed by atoms with Crippen LogP contribution in [0.15, 0.2) is 23.1 Å². The molecule has 0 aliphatic rings. The van der Waals surface area contributed by atoms with Gasteiger partial charge in [0.2, 0.25) is 10.0 Å². The van der Waals surface area contributed by atoms with E-state index in [9.17, 15) is 13.2 Å². The number of sulfonamides is 1. The lowest BCUT2D eigenvalue weighted by atomic mass is 10.1. The van der Waals surface area contributed by atoms with Crippen LogP contribution in [0.1, 0.15) is 19.8 Å². The van der Waals surface area contributed by atoms with Crippen LogP contribution in [-0.2, 0) is 14.8 Å². The molecule has 0 aliphatic heterocycles. The summed E-state index contributed by atoms with van der Waals surface area (Å²) in [7, 11) is -2.36. The lowest BCUT2D eigenvalue weighted by Crippen LogP contribution is -2.26. The molecule has 8 heteroatoms. The Morgan fingerprint density at radius 2 is 2.14 bits per heavy atom. The van der Waals surface area contributed by atoms with Gasteiger partial charge < -0.3 is 9.84 Å². The summed E-state index contributed by atoms with van der Waals surface area (Å²) in [4.78, 5) is 10.7. The highest BCUT2D eigenvalue weighted by atomic mass is 35.5. The van der Waals surface area contributed by atoms with Gasteiger partial charge in [0.15, 0.2) is 0 Å². The minimum Gasteiger partial charge on any atom is -0.495 e. The standard InChI is InChI=1S/C13H18ClNO5S/c1-9(13(16)17)4-3-7-15-21(18,19)12-6-5-10(14)8-11(12)20-2/h5-6,8-9,15H,3-4,7H2,1-2H3,(H,16,17). The Morgan fingerprint density at radius 3 is 2.71 bits per heavy atom. The first-order chi connectivity index (χ1) is 9.77. The summed E-state index contributed by atoms with van der Waals surface area (Å²) in [6.45, 7) is 1.74. The van der Waals surface area contributed by atoms with E-state index in [1.807, 2.05) is 0 Å². The molecule has 6 nitrogen and oxygen atoms in total. The molecule has 21 heavy (non-hydrogen) atoms. The maximum atomic E-state index is 12.2.